The highest BCUT2D eigenvalue weighted by atomic mass is 35.5. The Labute approximate surface area is 216 Å². The normalized spacial score (nSPS) is 13.0. The lowest BCUT2D eigenvalue weighted by molar-refractivity contribution is -0.140. The fraction of sp³-hybridized carbons (Fsp3) is 0.259. The molecule has 0 saturated heterocycles. The van der Waals surface area contributed by atoms with Gasteiger partial charge in [-0.25, -0.2) is 13.2 Å². The zero-order valence-electron chi connectivity index (χ0n) is 20.5. The largest absolute Gasteiger partial charge is 0.480 e. The molecule has 0 aromatic heterocycles. The maximum atomic E-state index is 13.0. The van der Waals surface area contributed by atoms with Crippen LogP contribution in [0.25, 0.3) is 11.1 Å². The number of benzene rings is 3. The minimum atomic E-state index is -3.84. The number of carbonyl (C=O) groups excluding carboxylic acids is 1. The first-order valence-electron chi connectivity index (χ1n) is 11.5. The van der Waals surface area contributed by atoms with Crippen molar-refractivity contribution in [2.75, 3.05) is 4.72 Å². The van der Waals surface area contributed by atoms with E-state index in [0.717, 1.165) is 11.1 Å². The SMILES string of the molecule is CCC(C)[C@H](NC(=O)c1ccc(-c2cccc(NS(=O)(=O)c3cc(C)c(Cl)cc3C)c2)cc1)C(=O)O. The van der Waals surface area contributed by atoms with E-state index in [4.69, 9.17) is 11.6 Å². The molecule has 3 aromatic carbocycles. The van der Waals surface area contributed by atoms with Crippen LogP contribution in [0.2, 0.25) is 5.02 Å². The van der Waals surface area contributed by atoms with E-state index in [1.54, 1.807) is 75.4 Å². The summed E-state index contributed by atoms with van der Waals surface area (Å²) in [6.45, 7) is 7.08. The molecule has 0 aliphatic rings. The summed E-state index contributed by atoms with van der Waals surface area (Å²) >= 11 is 6.11. The lowest BCUT2D eigenvalue weighted by Crippen LogP contribution is -2.45. The number of halogens is 1. The lowest BCUT2D eigenvalue weighted by Gasteiger charge is -2.20. The number of rotatable bonds is 9. The van der Waals surface area contributed by atoms with Crippen LogP contribution in [0.3, 0.4) is 0 Å². The van der Waals surface area contributed by atoms with E-state index in [1.165, 1.54) is 0 Å². The van der Waals surface area contributed by atoms with Crippen LogP contribution < -0.4 is 10.0 Å². The molecule has 0 radical (unpaired) electrons. The van der Waals surface area contributed by atoms with Crippen molar-refractivity contribution in [3.8, 4) is 11.1 Å². The zero-order valence-corrected chi connectivity index (χ0v) is 22.1. The number of aliphatic carboxylic acids is 1. The quantitative estimate of drug-likeness (QED) is 0.332. The molecule has 0 spiro atoms. The third kappa shape index (κ3) is 6.25. The first-order valence-corrected chi connectivity index (χ1v) is 13.3. The Morgan fingerprint density at radius 3 is 2.25 bits per heavy atom. The molecule has 0 aliphatic heterocycles. The van der Waals surface area contributed by atoms with Gasteiger partial charge in [-0.1, -0.05) is 56.1 Å². The zero-order chi connectivity index (χ0) is 26.6. The number of sulfonamides is 1. The molecule has 3 rings (SSSR count). The second-order valence-electron chi connectivity index (χ2n) is 8.81. The topological polar surface area (TPSA) is 113 Å². The van der Waals surface area contributed by atoms with Crippen molar-refractivity contribution in [2.45, 2.75) is 45.1 Å². The predicted molar refractivity (Wildman–Crippen MR) is 142 cm³/mol. The Kier molecular flexibility index (Phi) is 8.43. The molecule has 0 bridgehead atoms. The van der Waals surface area contributed by atoms with E-state index < -0.39 is 27.9 Å². The van der Waals surface area contributed by atoms with Crippen LogP contribution in [0.4, 0.5) is 5.69 Å². The molecule has 1 unspecified atom stereocenters. The van der Waals surface area contributed by atoms with Gasteiger partial charge in [0.1, 0.15) is 6.04 Å². The van der Waals surface area contributed by atoms with Gasteiger partial charge in [0, 0.05) is 16.3 Å². The molecule has 36 heavy (non-hydrogen) atoms. The summed E-state index contributed by atoms with van der Waals surface area (Å²) in [4.78, 5) is 24.2. The number of nitrogens with one attached hydrogen (secondary N) is 2. The lowest BCUT2D eigenvalue weighted by atomic mass is 9.98. The molecule has 1 amide bonds. The van der Waals surface area contributed by atoms with E-state index >= 15 is 0 Å². The standard InChI is InChI=1S/C27H29ClN2O5S/c1-5-16(2)25(27(32)33)29-26(31)20-11-9-19(10-12-20)21-7-6-8-22(15-21)30-36(34,35)24-14-17(3)23(28)13-18(24)4/h6-16,25,30H,5H2,1-4H3,(H,29,31)(H,32,33)/t16?,25-/m0/s1. The van der Waals surface area contributed by atoms with Crippen LogP contribution >= 0.6 is 11.6 Å². The number of hydrogen-bond donors (Lipinski definition) is 3. The summed E-state index contributed by atoms with van der Waals surface area (Å²) in [6.07, 6.45) is 0.619. The number of carboxylic acids is 1. The molecule has 2 atom stereocenters. The Hall–Kier alpha value is -3.36. The number of amides is 1. The van der Waals surface area contributed by atoms with Crippen molar-refractivity contribution in [1.82, 2.24) is 5.32 Å². The van der Waals surface area contributed by atoms with Crippen molar-refractivity contribution < 1.29 is 23.1 Å². The molecular weight excluding hydrogens is 500 g/mol. The van der Waals surface area contributed by atoms with E-state index in [-0.39, 0.29) is 10.8 Å². The second-order valence-corrected chi connectivity index (χ2v) is 10.9. The van der Waals surface area contributed by atoms with Crippen LogP contribution in [0.15, 0.2) is 65.6 Å². The van der Waals surface area contributed by atoms with Crippen molar-refractivity contribution in [3.05, 3.63) is 82.4 Å². The van der Waals surface area contributed by atoms with Gasteiger partial charge in [0.15, 0.2) is 0 Å². The van der Waals surface area contributed by atoms with Crippen LogP contribution in [0.5, 0.6) is 0 Å². The minimum absolute atomic E-state index is 0.155. The number of hydrogen-bond acceptors (Lipinski definition) is 4. The van der Waals surface area contributed by atoms with Gasteiger partial charge in [-0.05, 0) is 78.4 Å². The van der Waals surface area contributed by atoms with Crippen molar-refractivity contribution in [1.29, 1.82) is 0 Å². The third-order valence-corrected chi connectivity index (χ3v) is 8.04. The van der Waals surface area contributed by atoms with Crippen LogP contribution in [0.1, 0.15) is 41.8 Å². The molecule has 3 N–H and O–H groups in total. The molecule has 0 saturated carbocycles. The summed E-state index contributed by atoms with van der Waals surface area (Å²) < 4.78 is 28.7. The van der Waals surface area contributed by atoms with Gasteiger partial charge in [0.2, 0.25) is 0 Å². The summed E-state index contributed by atoms with van der Waals surface area (Å²) in [7, 11) is -3.84. The number of aryl methyl sites for hydroxylation is 2. The molecule has 0 fully saturated rings. The number of carboxylic acid groups (broad SMARTS) is 1. The Balaban J connectivity index is 1.80. The molecule has 0 aliphatic carbocycles. The monoisotopic (exact) mass is 528 g/mol. The van der Waals surface area contributed by atoms with Crippen molar-refractivity contribution >= 4 is 39.2 Å². The maximum absolute atomic E-state index is 13.0. The van der Waals surface area contributed by atoms with E-state index in [1.807, 2.05) is 13.0 Å². The molecule has 3 aromatic rings. The Morgan fingerprint density at radius 1 is 0.972 bits per heavy atom. The summed E-state index contributed by atoms with van der Waals surface area (Å²) in [6, 6.07) is 15.8. The maximum Gasteiger partial charge on any atom is 0.326 e. The highest BCUT2D eigenvalue weighted by Crippen LogP contribution is 2.28. The molecule has 9 heteroatoms. The molecule has 190 valence electrons. The predicted octanol–water partition coefficient (Wildman–Crippen LogP) is 5.65. The van der Waals surface area contributed by atoms with Gasteiger partial charge in [0.25, 0.3) is 15.9 Å². The number of anilines is 1. The molecule has 0 heterocycles. The first kappa shape index (κ1) is 27.2. The Morgan fingerprint density at radius 2 is 1.64 bits per heavy atom. The minimum Gasteiger partial charge on any atom is -0.480 e. The fourth-order valence-electron chi connectivity index (χ4n) is 3.74. The molecule has 7 nitrogen and oxygen atoms in total. The van der Waals surface area contributed by atoms with Gasteiger partial charge >= 0.3 is 5.97 Å². The van der Waals surface area contributed by atoms with Gasteiger partial charge < -0.3 is 10.4 Å². The fourth-order valence-corrected chi connectivity index (χ4v) is 5.32. The number of carbonyl (C=O) groups is 2. The average Bonchev–Trinajstić information content (AvgIpc) is 2.83. The van der Waals surface area contributed by atoms with Gasteiger partial charge in [-0.2, -0.15) is 0 Å². The van der Waals surface area contributed by atoms with Crippen LogP contribution in [-0.2, 0) is 14.8 Å². The first-order chi connectivity index (χ1) is 16.9. The van der Waals surface area contributed by atoms with Crippen molar-refractivity contribution in [3.63, 3.8) is 0 Å². The van der Waals surface area contributed by atoms with Crippen molar-refractivity contribution in [2.24, 2.45) is 5.92 Å². The van der Waals surface area contributed by atoms with E-state index in [0.29, 0.717) is 33.8 Å². The summed E-state index contributed by atoms with van der Waals surface area (Å²) in [5, 5.41) is 12.5. The smallest absolute Gasteiger partial charge is 0.326 e. The Bertz CT molecular complexity index is 1390. The second kappa shape index (κ2) is 11.1. The van der Waals surface area contributed by atoms with Gasteiger partial charge in [-0.3, -0.25) is 9.52 Å². The summed E-state index contributed by atoms with van der Waals surface area (Å²) in [5.74, 6) is -1.75. The highest BCUT2D eigenvalue weighted by molar-refractivity contribution is 7.92. The molecular formula is C27H29ClN2O5S. The van der Waals surface area contributed by atoms with E-state index in [2.05, 4.69) is 10.0 Å². The van der Waals surface area contributed by atoms with Gasteiger partial charge in [-0.15, -0.1) is 0 Å². The average molecular weight is 529 g/mol. The van der Waals surface area contributed by atoms with Crippen LogP contribution in [0, 0.1) is 19.8 Å². The van der Waals surface area contributed by atoms with Gasteiger partial charge in [0.05, 0.1) is 4.90 Å². The third-order valence-electron chi connectivity index (χ3n) is 6.11. The van der Waals surface area contributed by atoms with Crippen LogP contribution in [-0.4, -0.2) is 31.4 Å². The van der Waals surface area contributed by atoms with E-state index in [9.17, 15) is 23.1 Å². The highest BCUT2D eigenvalue weighted by Gasteiger charge is 2.25. The summed E-state index contributed by atoms with van der Waals surface area (Å²) in [5.41, 5.74) is 3.44.